The third-order valence-electron chi connectivity index (χ3n) is 7.72. The highest BCUT2D eigenvalue weighted by molar-refractivity contribution is 5.48. The minimum absolute atomic E-state index is 0.0227. The third kappa shape index (κ3) is 5.33. The molecule has 1 aliphatic heterocycles. The maximum absolute atomic E-state index is 6.72. The van der Waals surface area contributed by atoms with Crippen molar-refractivity contribution in [3.05, 3.63) is 137 Å². The Morgan fingerprint density at radius 3 is 2.03 bits per heavy atom. The van der Waals surface area contributed by atoms with E-state index >= 15 is 0 Å². The van der Waals surface area contributed by atoms with Crippen LogP contribution >= 0.6 is 0 Å². The number of benzene rings is 4. The Morgan fingerprint density at radius 2 is 1.37 bits per heavy atom. The number of hydrogen-bond donors (Lipinski definition) is 0. The van der Waals surface area contributed by atoms with Crippen molar-refractivity contribution in [2.75, 3.05) is 0 Å². The Balaban J connectivity index is 1.22. The molecule has 3 atom stereocenters. The Bertz CT molecular complexity index is 1380. The van der Waals surface area contributed by atoms with E-state index in [1.807, 2.05) is 42.5 Å². The van der Waals surface area contributed by atoms with Gasteiger partial charge in [-0.1, -0.05) is 91.4 Å². The fourth-order valence-electron chi connectivity index (χ4n) is 5.86. The predicted molar refractivity (Wildman–Crippen MR) is 152 cm³/mol. The molecule has 3 unspecified atom stereocenters. The zero-order valence-electron chi connectivity index (χ0n) is 21.9. The first-order valence-electron chi connectivity index (χ1n) is 13.7. The van der Waals surface area contributed by atoms with E-state index in [2.05, 4.69) is 73.7 Å². The van der Waals surface area contributed by atoms with Gasteiger partial charge in [-0.15, -0.1) is 0 Å². The number of ether oxygens (including phenoxy) is 3. The summed E-state index contributed by atoms with van der Waals surface area (Å²) in [6.45, 7) is 3.36. The van der Waals surface area contributed by atoms with Gasteiger partial charge in [-0.2, -0.15) is 0 Å². The average molecular weight is 503 g/mol. The highest BCUT2D eigenvalue weighted by Crippen LogP contribution is 2.56. The molecule has 0 bridgehead atoms. The second-order valence-corrected chi connectivity index (χ2v) is 10.3. The standard InChI is InChI=1S/C35H34O3/c1-2-9-27-20-31-32-22-30(37-24-26-12-7-4-8-13-26)18-19-34(32)38-35(33(31)21-27)28-14-16-29(17-15-28)36-23-25-10-5-3-6-11-25/h3-19,22,31,33,35H,2,20-21,23-24H2,1H3. The third-order valence-corrected chi connectivity index (χ3v) is 7.72. The van der Waals surface area contributed by atoms with E-state index in [-0.39, 0.29) is 6.10 Å². The molecule has 38 heavy (non-hydrogen) atoms. The number of allylic oxidation sites excluding steroid dienone is 2. The molecular weight excluding hydrogens is 468 g/mol. The Morgan fingerprint density at radius 1 is 0.737 bits per heavy atom. The average Bonchev–Trinajstić information content (AvgIpc) is 3.40. The minimum atomic E-state index is 0.0227. The van der Waals surface area contributed by atoms with E-state index in [1.54, 1.807) is 5.57 Å². The number of rotatable bonds is 8. The summed E-state index contributed by atoms with van der Waals surface area (Å²) in [6.07, 6.45) is 5.66. The van der Waals surface area contributed by atoms with Gasteiger partial charge in [0.25, 0.3) is 0 Å². The van der Waals surface area contributed by atoms with Gasteiger partial charge in [0.1, 0.15) is 36.6 Å². The molecule has 4 aromatic carbocycles. The lowest BCUT2D eigenvalue weighted by atomic mass is 9.80. The highest BCUT2D eigenvalue weighted by atomic mass is 16.5. The monoisotopic (exact) mass is 502 g/mol. The van der Waals surface area contributed by atoms with Crippen LogP contribution in [0.3, 0.4) is 0 Å². The van der Waals surface area contributed by atoms with Gasteiger partial charge < -0.3 is 14.2 Å². The molecule has 1 fully saturated rings. The summed E-state index contributed by atoms with van der Waals surface area (Å²) in [6, 6.07) is 35.4. The molecular formula is C35H34O3. The van der Waals surface area contributed by atoms with Crippen LogP contribution in [-0.2, 0) is 13.2 Å². The maximum atomic E-state index is 6.72. The number of fused-ring (bicyclic) bond motifs is 3. The Kier molecular flexibility index (Phi) is 7.17. The second kappa shape index (κ2) is 11.2. The van der Waals surface area contributed by atoms with Crippen LogP contribution in [0.15, 0.2) is 115 Å². The normalized spacial score (nSPS) is 20.9. The second-order valence-electron chi connectivity index (χ2n) is 10.3. The number of hydrogen-bond acceptors (Lipinski definition) is 3. The van der Waals surface area contributed by atoms with E-state index in [1.165, 1.54) is 22.3 Å². The molecule has 2 aliphatic rings. The first-order valence-corrected chi connectivity index (χ1v) is 13.7. The molecule has 6 rings (SSSR count). The van der Waals surface area contributed by atoms with Crippen LogP contribution in [0.5, 0.6) is 17.2 Å². The van der Waals surface area contributed by atoms with E-state index in [4.69, 9.17) is 14.2 Å². The van der Waals surface area contributed by atoms with Crippen molar-refractivity contribution < 1.29 is 14.2 Å². The van der Waals surface area contributed by atoms with Gasteiger partial charge in [0, 0.05) is 11.5 Å². The minimum Gasteiger partial charge on any atom is -0.489 e. The van der Waals surface area contributed by atoms with Crippen LogP contribution in [0.4, 0.5) is 0 Å². The summed E-state index contributed by atoms with van der Waals surface area (Å²) >= 11 is 0. The highest BCUT2D eigenvalue weighted by Gasteiger charge is 2.43. The van der Waals surface area contributed by atoms with Gasteiger partial charge in [-0.3, -0.25) is 0 Å². The van der Waals surface area contributed by atoms with Crippen molar-refractivity contribution in [2.45, 2.75) is 51.4 Å². The SMILES string of the molecule is CCC=C1CC2c3cc(OCc4ccccc4)ccc3OC(c3ccc(OCc4ccccc4)cc3)C2C1. The molecule has 0 amide bonds. The maximum Gasteiger partial charge on any atom is 0.127 e. The Hall–Kier alpha value is -3.98. The molecule has 1 saturated carbocycles. The summed E-state index contributed by atoms with van der Waals surface area (Å²) in [7, 11) is 0. The zero-order chi connectivity index (χ0) is 25.7. The van der Waals surface area contributed by atoms with Crippen LogP contribution in [-0.4, -0.2) is 0 Å². The molecule has 0 aromatic heterocycles. The van der Waals surface area contributed by atoms with Crippen molar-refractivity contribution >= 4 is 0 Å². The van der Waals surface area contributed by atoms with E-state index in [0.717, 1.165) is 36.5 Å². The Labute approximate surface area is 225 Å². The molecule has 0 N–H and O–H groups in total. The summed E-state index contributed by atoms with van der Waals surface area (Å²) in [5.74, 6) is 3.59. The molecule has 3 heteroatoms. The fourth-order valence-corrected chi connectivity index (χ4v) is 5.86. The quantitative estimate of drug-likeness (QED) is 0.225. The molecule has 0 spiro atoms. The van der Waals surface area contributed by atoms with Crippen molar-refractivity contribution in [2.24, 2.45) is 5.92 Å². The van der Waals surface area contributed by atoms with Crippen LogP contribution in [0.1, 0.15) is 60.5 Å². The van der Waals surface area contributed by atoms with Crippen LogP contribution in [0.2, 0.25) is 0 Å². The van der Waals surface area contributed by atoms with Gasteiger partial charge in [0.2, 0.25) is 0 Å². The molecule has 4 aromatic rings. The van der Waals surface area contributed by atoms with Crippen LogP contribution in [0.25, 0.3) is 0 Å². The summed E-state index contributed by atoms with van der Waals surface area (Å²) in [4.78, 5) is 0. The van der Waals surface area contributed by atoms with Crippen molar-refractivity contribution in [1.29, 1.82) is 0 Å². The first kappa shape index (κ1) is 24.4. The predicted octanol–water partition coefficient (Wildman–Crippen LogP) is 8.81. The first-order chi connectivity index (χ1) is 18.8. The van der Waals surface area contributed by atoms with E-state index in [9.17, 15) is 0 Å². The van der Waals surface area contributed by atoms with Gasteiger partial charge in [-0.25, -0.2) is 0 Å². The summed E-state index contributed by atoms with van der Waals surface area (Å²) in [5.41, 5.74) is 6.37. The lowest BCUT2D eigenvalue weighted by Crippen LogP contribution is -2.26. The van der Waals surface area contributed by atoms with Crippen LogP contribution < -0.4 is 14.2 Å². The largest absolute Gasteiger partial charge is 0.489 e. The van der Waals surface area contributed by atoms with Gasteiger partial charge in [-0.05, 0) is 72.2 Å². The van der Waals surface area contributed by atoms with Gasteiger partial charge >= 0.3 is 0 Å². The molecule has 0 saturated heterocycles. The van der Waals surface area contributed by atoms with Crippen molar-refractivity contribution in [3.8, 4) is 17.2 Å². The molecule has 1 heterocycles. The van der Waals surface area contributed by atoms with Crippen molar-refractivity contribution in [1.82, 2.24) is 0 Å². The topological polar surface area (TPSA) is 27.7 Å². The van der Waals surface area contributed by atoms with E-state index < -0.39 is 0 Å². The zero-order valence-corrected chi connectivity index (χ0v) is 21.9. The van der Waals surface area contributed by atoms with Gasteiger partial charge in [0.15, 0.2) is 0 Å². The molecule has 1 aliphatic carbocycles. The fraction of sp³-hybridized carbons (Fsp3) is 0.257. The molecule has 3 nitrogen and oxygen atoms in total. The lowest BCUT2D eigenvalue weighted by Gasteiger charge is -2.36. The molecule has 0 radical (unpaired) electrons. The van der Waals surface area contributed by atoms with Gasteiger partial charge in [0.05, 0.1) is 0 Å². The van der Waals surface area contributed by atoms with E-state index in [0.29, 0.717) is 25.0 Å². The molecule has 192 valence electrons. The van der Waals surface area contributed by atoms with Crippen LogP contribution in [0, 0.1) is 5.92 Å². The lowest BCUT2D eigenvalue weighted by molar-refractivity contribution is 0.104. The van der Waals surface area contributed by atoms with Crippen molar-refractivity contribution in [3.63, 3.8) is 0 Å². The summed E-state index contributed by atoms with van der Waals surface area (Å²) < 4.78 is 18.9. The summed E-state index contributed by atoms with van der Waals surface area (Å²) in [5, 5.41) is 0. The smallest absolute Gasteiger partial charge is 0.127 e.